The van der Waals surface area contributed by atoms with Crippen LogP contribution in [0.5, 0.6) is 5.75 Å². The summed E-state index contributed by atoms with van der Waals surface area (Å²) in [4.78, 5) is 6.25. The molecule has 0 aromatic heterocycles. The second-order valence-electron chi connectivity index (χ2n) is 6.82. The third kappa shape index (κ3) is 3.27. The van der Waals surface area contributed by atoms with Crippen LogP contribution in [0.25, 0.3) is 5.57 Å². The topological polar surface area (TPSA) is 35.8 Å². The van der Waals surface area contributed by atoms with Crippen molar-refractivity contribution in [3.63, 3.8) is 0 Å². The fraction of sp³-hybridized carbons (Fsp3) is 0.250. The lowest BCUT2D eigenvalue weighted by Gasteiger charge is -2.40. The van der Waals surface area contributed by atoms with Crippen molar-refractivity contribution in [2.75, 3.05) is 11.9 Å². The molecule has 3 nitrogen and oxygen atoms in total. The Bertz CT molecular complexity index is 903. The lowest BCUT2D eigenvalue weighted by Crippen LogP contribution is -2.42. The van der Waals surface area contributed by atoms with E-state index in [1.807, 2.05) is 14.0 Å². The van der Waals surface area contributed by atoms with E-state index >= 15 is 0 Å². The fourth-order valence-corrected chi connectivity index (χ4v) is 3.20. The van der Waals surface area contributed by atoms with Gasteiger partial charge in [0, 0.05) is 41.2 Å². The maximum atomic E-state index is 14.6. The first-order valence-corrected chi connectivity index (χ1v) is 8.36. The molecule has 0 spiro atoms. The quantitative estimate of drug-likeness (QED) is 0.712. The van der Waals surface area contributed by atoms with Gasteiger partial charge in [-0.05, 0) is 50.6 Å². The summed E-state index contributed by atoms with van der Waals surface area (Å²) < 4.78 is 14.6. The van der Waals surface area contributed by atoms with Crippen molar-refractivity contribution in [2.24, 2.45) is 4.99 Å². The van der Waals surface area contributed by atoms with Crippen LogP contribution in [0.3, 0.4) is 0 Å². The predicted octanol–water partition coefficient (Wildman–Crippen LogP) is 5.57. The molecule has 130 valence electrons. The molecule has 1 heterocycles. The lowest BCUT2D eigenvalue weighted by molar-refractivity contribution is 0.477. The Balaban J connectivity index is 2.02. The number of benzene rings is 2. The van der Waals surface area contributed by atoms with Gasteiger partial charge in [0.05, 0.1) is 5.54 Å². The third-order valence-corrected chi connectivity index (χ3v) is 4.85. The number of nitrogens with zero attached hydrogens (tertiary/aromatic N) is 2. The van der Waals surface area contributed by atoms with Crippen molar-refractivity contribution in [1.82, 2.24) is 0 Å². The number of aliphatic imine (C=N–C) groups is 1. The highest BCUT2D eigenvalue weighted by atomic mass is 35.5. The second-order valence-corrected chi connectivity index (χ2v) is 7.26. The minimum absolute atomic E-state index is 0.0420. The van der Waals surface area contributed by atoms with E-state index in [1.165, 1.54) is 18.3 Å². The molecule has 0 saturated carbocycles. The Morgan fingerprint density at radius 2 is 1.96 bits per heavy atom. The smallest absolute Gasteiger partial charge is 0.142 e. The van der Waals surface area contributed by atoms with Crippen LogP contribution in [-0.2, 0) is 0 Å². The zero-order chi connectivity index (χ0) is 18.4. The predicted molar refractivity (Wildman–Crippen MR) is 103 cm³/mol. The minimum atomic E-state index is -0.353. The summed E-state index contributed by atoms with van der Waals surface area (Å²) in [6.07, 6.45) is 3.59. The summed E-state index contributed by atoms with van der Waals surface area (Å²) in [6, 6.07) is 7.95. The monoisotopic (exact) mass is 358 g/mol. The van der Waals surface area contributed by atoms with Crippen molar-refractivity contribution >= 4 is 34.8 Å². The Hall–Kier alpha value is -2.33. The molecule has 0 aliphatic carbocycles. The van der Waals surface area contributed by atoms with Gasteiger partial charge in [0.15, 0.2) is 0 Å². The average molecular weight is 359 g/mol. The van der Waals surface area contributed by atoms with Crippen LogP contribution in [-0.4, -0.2) is 23.9 Å². The number of rotatable bonds is 2. The second kappa shape index (κ2) is 6.19. The summed E-state index contributed by atoms with van der Waals surface area (Å²) >= 11 is 5.81. The number of likely N-dealkylation sites (N-methyl/N-ethyl adjacent to an activating group) is 1. The number of fused-ring (bicyclic) bond motifs is 1. The van der Waals surface area contributed by atoms with E-state index in [4.69, 9.17) is 11.6 Å². The summed E-state index contributed by atoms with van der Waals surface area (Å²) in [6.45, 7) is 6.21. The van der Waals surface area contributed by atoms with E-state index in [0.29, 0.717) is 16.3 Å². The number of phenolic OH excluding ortho intramolecular Hbond substituents is 1. The SMILES string of the molecule is CC1=CC(C)(C)N(C)c2cc(F)c(C=Nc3ccc(Cl)cc3O)cc21. The van der Waals surface area contributed by atoms with Crippen LogP contribution in [0.4, 0.5) is 15.8 Å². The van der Waals surface area contributed by atoms with Gasteiger partial charge in [0.1, 0.15) is 17.3 Å². The molecule has 0 fully saturated rings. The van der Waals surface area contributed by atoms with Gasteiger partial charge in [0.25, 0.3) is 0 Å². The number of aromatic hydroxyl groups is 1. The van der Waals surface area contributed by atoms with Crippen molar-refractivity contribution in [2.45, 2.75) is 26.3 Å². The van der Waals surface area contributed by atoms with Gasteiger partial charge in [-0.3, -0.25) is 4.99 Å². The number of anilines is 1. The number of hydrogen-bond acceptors (Lipinski definition) is 3. The van der Waals surface area contributed by atoms with Gasteiger partial charge in [-0.2, -0.15) is 0 Å². The van der Waals surface area contributed by atoms with Gasteiger partial charge in [0.2, 0.25) is 0 Å². The number of allylic oxidation sites excluding steroid dienone is 1. The summed E-state index contributed by atoms with van der Waals surface area (Å²) in [5.41, 5.74) is 3.47. The van der Waals surface area contributed by atoms with Crippen LogP contribution in [0.15, 0.2) is 41.4 Å². The van der Waals surface area contributed by atoms with Crippen molar-refractivity contribution in [1.29, 1.82) is 0 Å². The van der Waals surface area contributed by atoms with Crippen molar-refractivity contribution in [3.05, 3.63) is 58.4 Å². The highest BCUT2D eigenvalue weighted by Gasteiger charge is 2.29. The molecule has 3 rings (SSSR count). The zero-order valence-electron chi connectivity index (χ0n) is 14.6. The van der Waals surface area contributed by atoms with Gasteiger partial charge < -0.3 is 10.0 Å². The highest BCUT2D eigenvalue weighted by Crippen LogP contribution is 2.39. The van der Waals surface area contributed by atoms with E-state index < -0.39 is 0 Å². The van der Waals surface area contributed by atoms with Crippen molar-refractivity contribution < 1.29 is 9.50 Å². The van der Waals surface area contributed by atoms with E-state index in [1.54, 1.807) is 18.2 Å². The first-order valence-electron chi connectivity index (χ1n) is 7.99. The number of phenols is 1. The van der Waals surface area contributed by atoms with Crippen LogP contribution >= 0.6 is 11.6 Å². The van der Waals surface area contributed by atoms with Gasteiger partial charge in [-0.15, -0.1) is 0 Å². The third-order valence-electron chi connectivity index (χ3n) is 4.62. The molecule has 0 unspecified atom stereocenters. The molecule has 2 aromatic carbocycles. The van der Waals surface area contributed by atoms with Gasteiger partial charge >= 0.3 is 0 Å². The molecule has 5 heteroatoms. The Morgan fingerprint density at radius 3 is 2.64 bits per heavy atom. The van der Waals surface area contributed by atoms with Crippen LogP contribution in [0, 0.1) is 5.82 Å². The molecule has 0 atom stereocenters. The normalized spacial score (nSPS) is 16.1. The number of hydrogen-bond donors (Lipinski definition) is 1. The molecule has 1 aliphatic heterocycles. The van der Waals surface area contributed by atoms with Gasteiger partial charge in [-0.25, -0.2) is 4.39 Å². The molecule has 1 N–H and O–H groups in total. The Kier molecular flexibility index (Phi) is 4.33. The molecule has 0 saturated heterocycles. The Morgan fingerprint density at radius 1 is 1.24 bits per heavy atom. The fourth-order valence-electron chi connectivity index (χ4n) is 3.03. The summed E-state index contributed by atoms with van der Waals surface area (Å²) in [7, 11) is 1.96. The molecular formula is C20H20ClFN2O. The summed E-state index contributed by atoms with van der Waals surface area (Å²) in [5, 5.41) is 10.3. The van der Waals surface area contributed by atoms with E-state index in [9.17, 15) is 9.50 Å². The molecule has 0 bridgehead atoms. The molecule has 0 radical (unpaired) electrons. The average Bonchev–Trinajstić information content (AvgIpc) is 2.52. The molecule has 1 aliphatic rings. The van der Waals surface area contributed by atoms with Gasteiger partial charge in [-0.1, -0.05) is 17.7 Å². The summed E-state index contributed by atoms with van der Waals surface area (Å²) in [5.74, 6) is -0.395. The van der Waals surface area contributed by atoms with Crippen LogP contribution < -0.4 is 4.90 Å². The van der Waals surface area contributed by atoms with Crippen LogP contribution in [0.1, 0.15) is 31.9 Å². The molecule has 0 amide bonds. The van der Waals surface area contributed by atoms with E-state index in [2.05, 4.69) is 29.8 Å². The molecular weight excluding hydrogens is 339 g/mol. The zero-order valence-corrected chi connectivity index (χ0v) is 15.4. The van der Waals surface area contributed by atoms with E-state index in [0.717, 1.165) is 16.8 Å². The minimum Gasteiger partial charge on any atom is -0.506 e. The molecule has 25 heavy (non-hydrogen) atoms. The van der Waals surface area contributed by atoms with Crippen molar-refractivity contribution in [3.8, 4) is 5.75 Å². The maximum absolute atomic E-state index is 14.6. The van der Waals surface area contributed by atoms with Crippen LogP contribution in [0.2, 0.25) is 5.02 Å². The lowest BCUT2D eigenvalue weighted by atomic mass is 9.88. The largest absolute Gasteiger partial charge is 0.506 e. The standard InChI is InChI=1S/C20H20ClFN2O/c1-12-10-20(2,3)24(4)18-9-16(22)13(7-15(12)18)11-23-17-6-5-14(21)8-19(17)25/h5-11,25H,1-4H3. The first-order chi connectivity index (χ1) is 11.7. The molecule has 2 aromatic rings. The highest BCUT2D eigenvalue weighted by molar-refractivity contribution is 6.30. The maximum Gasteiger partial charge on any atom is 0.142 e. The first kappa shape index (κ1) is 17.5. The number of halogens is 2. The van der Waals surface area contributed by atoms with E-state index in [-0.39, 0.29) is 17.1 Å². The Labute approximate surface area is 152 Å².